The predicted molar refractivity (Wildman–Crippen MR) is 66.8 cm³/mol. The molecule has 0 aliphatic heterocycles. The summed E-state index contributed by atoms with van der Waals surface area (Å²) in [6.45, 7) is 3.48. The molecule has 0 amide bonds. The number of aromatic nitrogens is 1. The quantitative estimate of drug-likeness (QED) is 0.787. The van der Waals surface area contributed by atoms with Crippen molar-refractivity contribution in [1.29, 1.82) is 0 Å². The summed E-state index contributed by atoms with van der Waals surface area (Å²) >= 11 is 0. The van der Waals surface area contributed by atoms with Crippen LogP contribution in [0.25, 0.3) is 5.76 Å². The van der Waals surface area contributed by atoms with Crippen molar-refractivity contribution in [2.24, 2.45) is 5.73 Å². The molecule has 0 saturated heterocycles. The van der Waals surface area contributed by atoms with Crippen LogP contribution in [0.4, 0.5) is 0 Å². The first kappa shape index (κ1) is 11.9. The maximum Gasteiger partial charge on any atom is 0.214 e. The van der Waals surface area contributed by atoms with Crippen molar-refractivity contribution in [3.05, 3.63) is 30.5 Å². The molecule has 92 valence electrons. The van der Waals surface area contributed by atoms with Crippen molar-refractivity contribution >= 4 is 5.76 Å². The first-order chi connectivity index (χ1) is 8.15. The normalized spacial score (nSPS) is 24.3. The van der Waals surface area contributed by atoms with E-state index >= 15 is 0 Å². The summed E-state index contributed by atoms with van der Waals surface area (Å²) in [5, 5.41) is 9.29. The molecule has 0 bridgehead atoms. The van der Waals surface area contributed by atoms with Gasteiger partial charge in [0.25, 0.3) is 0 Å². The molecule has 0 unspecified atom stereocenters. The third-order valence-corrected chi connectivity index (χ3v) is 3.07. The number of aliphatic hydroxyl groups is 1. The Kier molecular flexibility index (Phi) is 3.64. The molecular weight excluding hydrogens is 216 g/mol. The van der Waals surface area contributed by atoms with Crippen LogP contribution in [-0.2, 0) is 0 Å². The molecular formula is C13H18N2O2. The van der Waals surface area contributed by atoms with Crippen LogP contribution in [-0.4, -0.2) is 22.2 Å². The van der Waals surface area contributed by atoms with Crippen LogP contribution in [0, 0.1) is 0 Å². The highest BCUT2D eigenvalue weighted by Gasteiger charge is 2.20. The number of nitrogens with two attached hydrogens (primary N) is 1. The molecule has 1 aliphatic carbocycles. The Bertz CT molecular complexity index is 398. The highest BCUT2D eigenvalue weighted by Crippen LogP contribution is 2.23. The largest absolute Gasteiger partial charge is 0.508 e. The van der Waals surface area contributed by atoms with Gasteiger partial charge in [0.05, 0.1) is 0 Å². The molecule has 1 fully saturated rings. The summed E-state index contributed by atoms with van der Waals surface area (Å²) in [6, 6.07) is 3.72. The molecule has 0 aromatic carbocycles. The monoisotopic (exact) mass is 234 g/mol. The van der Waals surface area contributed by atoms with Crippen LogP contribution < -0.4 is 10.5 Å². The lowest BCUT2D eigenvalue weighted by Crippen LogP contribution is -2.31. The van der Waals surface area contributed by atoms with Gasteiger partial charge in [0.1, 0.15) is 11.9 Å². The van der Waals surface area contributed by atoms with E-state index in [4.69, 9.17) is 10.5 Å². The van der Waals surface area contributed by atoms with Gasteiger partial charge < -0.3 is 15.6 Å². The number of rotatable bonds is 3. The van der Waals surface area contributed by atoms with Crippen molar-refractivity contribution in [1.82, 2.24) is 4.98 Å². The molecule has 1 aromatic rings. The third-order valence-electron chi connectivity index (χ3n) is 3.07. The van der Waals surface area contributed by atoms with Gasteiger partial charge >= 0.3 is 0 Å². The lowest BCUT2D eigenvalue weighted by Gasteiger charge is -2.26. The molecule has 17 heavy (non-hydrogen) atoms. The minimum Gasteiger partial charge on any atom is -0.508 e. The molecule has 1 aliphatic rings. The van der Waals surface area contributed by atoms with Gasteiger partial charge in [-0.15, -0.1) is 0 Å². The van der Waals surface area contributed by atoms with Crippen molar-refractivity contribution in [2.75, 3.05) is 0 Å². The predicted octanol–water partition coefficient (Wildman–Crippen LogP) is 2.26. The van der Waals surface area contributed by atoms with Gasteiger partial charge in [-0.3, -0.25) is 0 Å². The zero-order chi connectivity index (χ0) is 12.3. The highest BCUT2D eigenvalue weighted by molar-refractivity contribution is 5.56. The van der Waals surface area contributed by atoms with E-state index < -0.39 is 0 Å². The second kappa shape index (κ2) is 5.19. The molecule has 0 atom stereocenters. The first-order valence-corrected chi connectivity index (χ1v) is 5.91. The molecule has 2 rings (SSSR count). The van der Waals surface area contributed by atoms with Crippen LogP contribution >= 0.6 is 0 Å². The molecule has 0 spiro atoms. The van der Waals surface area contributed by atoms with Gasteiger partial charge in [-0.1, -0.05) is 6.58 Å². The summed E-state index contributed by atoms with van der Waals surface area (Å²) in [7, 11) is 0. The van der Waals surface area contributed by atoms with Crippen LogP contribution in [0.3, 0.4) is 0 Å². The van der Waals surface area contributed by atoms with Crippen molar-refractivity contribution in [3.8, 4) is 5.88 Å². The maximum atomic E-state index is 9.29. The van der Waals surface area contributed by atoms with Gasteiger partial charge in [0, 0.05) is 23.9 Å². The highest BCUT2D eigenvalue weighted by atomic mass is 16.5. The van der Waals surface area contributed by atoms with E-state index in [1.54, 1.807) is 18.3 Å². The van der Waals surface area contributed by atoms with Gasteiger partial charge in [-0.05, 0) is 31.7 Å². The van der Waals surface area contributed by atoms with Crippen LogP contribution in [0.5, 0.6) is 5.88 Å². The fraction of sp³-hybridized carbons (Fsp3) is 0.462. The lowest BCUT2D eigenvalue weighted by molar-refractivity contribution is 0.141. The van der Waals surface area contributed by atoms with Crippen molar-refractivity contribution in [2.45, 2.75) is 37.8 Å². The van der Waals surface area contributed by atoms with E-state index in [-0.39, 0.29) is 11.9 Å². The molecule has 4 heteroatoms. The van der Waals surface area contributed by atoms with E-state index in [9.17, 15) is 5.11 Å². The second-order valence-electron chi connectivity index (χ2n) is 4.48. The van der Waals surface area contributed by atoms with E-state index in [0.717, 1.165) is 25.7 Å². The average Bonchev–Trinajstić information content (AvgIpc) is 2.32. The molecule has 3 N–H and O–H groups in total. The summed E-state index contributed by atoms with van der Waals surface area (Å²) in [5.41, 5.74) is 6.48. The Morgan fingerprint density at radius 3 is 2.76 bits per heavy atom. The number of hydrogen-bond donors (Lipinski definition) is 2. The Labute approximate surface area is 101 Å². The Balaban J connectivity index is 1.98. The standard InChI is InChI=1S/C13H18N2O2/c1-9(16)10-6-7-15-13(8-10)17-12-4-2-11(14)3-5-12/h6-8,11-12,16H,1-5,14H2. The Hall–Kier alpha value is -1.55. The van der Waals surface area contributed by atoms with Gasteiger partial charge in [-0.2, -0.15) is 0 Å². The molecule has 1 heterocycles. The lowest BCUT2D eigenvalue weighted by atomic mass is 9.94. The molecule has 0 radical (unpaired) electrons. The number of aliphatic hydroxyl groups excluding tert-OH is 1. The van der Waals surface area contributed by atoms with Crippen molar-refractivity contribution in [3.63, 3.8) is 0 Å². The van der Waals surface area contributed by atoms with Gasteiger partial charge in [-0.25, -0.2) is 4.98 Å². The minimum absolute atomic E-state index is 0.0305. The minimum atomic E-state index is 0.0305. The van der Waals surface area contributed by atoms with E-state index in [2.05, 4.69) is 11.6 Å². The number of hydrogen-bond acceptors (Lipinski definition) is 4. The van der Waals surface area contributed by atoms with Crippen LogP contribution in [0.2, 0.25) is 0 Å². The molecule has 4 nitrogen and oxygen atoms in total. The smallest absolute Gasteiger partial charge is 0.214 e. The third kappa shape index (κ3) is 3.20. The summed E-state index contributed by atoms with van der Waals surface area (Å²) < 4.78 is 5.78. The number of nitrogens with zero attached hydrogens (tertiary/aromatic N) is 1. The SMILES string of the molecule is C=C(O)c1ccnc(OC2CCC(N)CC2)c1. The zero-order valence-corrected chi connectivity index (χ0v) is 9.80. The molecule has 1 saturated carbocycles. The number of ether oxygens (including phenoxy) is 1. The first-order valence-electron chi connectivity index (χ1n) is 5.91. The van der Waals surface area contributed by atoms with Crippen LogP contribution in [0.15, 0.2) is 24.9 Å². The van der Waals surface area contributed by atoms with E-state index in [1.807, 2.05) is 0 Å². The average molecular weight is 234 g/mol. The number of pyridine rings is 1. The molecule has 1 aromatic heterocycles. The van der Waals surface area contributed by atoms with Crippen molar-refractivity contribution < 1.29 is 9.84 Å². The second-order valence-corrected chi connectivity index (χ2v) is 4.48. The van der Waals surface area contributed by atoms with Crippen LogP contribution in [0.1, 0.15) is 31.2 Å². The Morgan fingerprint density at radius 1 is 1.41 bits per heavy atom. The summed E-state index contributed by atoms with van der Waals surface area (Å²) in [4.78, 5) is 4.13. The maximum absolute atomic E-state index is 9.29. The zero-order valence-electron chi connectivity index (χ0n) is 9.80. The van der Waals surface area contributed by atoms with Gasteiger partial charge in [0.2, 0.25) is 5.88 Å². The van der Waals surface area contributed by atoms with E-state index in [1.165, 1.54) is 0 Å². The van der Waals surface area contributed by atoms with Gasteiger partial charge in [0.15, 0.2) is 0 Å². The fourth-order valence-corrected chi connectivity index (χ4v) is 2.03. The fourth-order valence-electron chi connectivity index (χ4n) is 2.03. The topological polar surface area (TPSA) is 68.4 Å². The Morgan fingerprint density at radius 2 is 2.12 bits per heavy atom. The summed E-state index contributed by atoms with van der Waals surface area (Å²) in [5.74, 6) is 0.570. The van der Waals surface area contributed by atoms with E-state index in [0.29, 0.717) is 17.5 Å². The summed E-state index contributed by atoms with van der Waals surface area (Å²) in [6.07, 6.45) is 5.72.